The molecule has 1 atom stereocenters. The van der Waals surface area contributed by atoms with Gasteiger partial charge in [-0.3, -0.25) is 4.79 Å². The Bertz CT molecular complexity index is 869. The summed E-state index contributed by atoms with van der Waals surface area (Å²) in [7, 11) is 0. The van der Waals surface area contributed by atoms with Gasteiger partial charge in [0, 0.05) is 12.1 Å². The molecule has 0 aromatic heterocycles. The number of carbonyl (C=O) groups is 2. The van der Waals surface area contributed by atoms with E-state index in [9.17, 15) is 27.2 Å². The molecule has 0 bridgehead atoms. The van der Waals surface area contributed by atoms with Crippen molar-refractivity contribution in [2.75, 3.05) is 5.32 Å². The number of benzene rings is 2. The first-order chi connectivity index (χ1) is 13.2. The summed E-state index contributed by atoms with van der Waals surface area (Å²) >= 11 is 0. The van der Waals surface area contributed by atoms with Crippen molar-refractivity contribution in [1.82, 2.24) is 0 Å². The number of anilines is 1. The first-order valence-electron chi connectivity index (χ1n) is 7.94. The van der Waals surface area contributed by atoms with Crippen LogP contribution in [0.1, 0.15) is 12.5 Å². The molecule has 0 aliphatic carbocycles. The number of alkyl halides is 2. The molecule has 5 nitrogen and oxygen atoms in total. The summed E-state index contributed by atoms with van der Waals surface area (Å²) in [5.41, 5.74) is 0.118. The Morgan fingerprint density at radius 2 is 1.75 bits per heavy atom. The largest absolute Gasteiger partial charge is 0.449 e. The van der Waals surface area contributed by atoms with Crippen LogP contribution in [0.3, 0.4) is 0 Å². The highest BCUT2D eigenvalue weighted by Gasteiger charge is 2.18. The first-order valence-corrected chi connectivity index (χ1v) is 7.94. The van der Waals surface area contributed by atoms with Gasteiger partial charge in [-0.15, -0.1) is 0 Å². The molecular weight excluding hydrogens is 382 g/mol. The van der Waals surface area contributed by atoms with Crippen molar-refractivity contribution >= 4 is 23.6 Å². The molecule has 0 spiro atoms. The molecule has 0 saturated carbocycles. The maximum atomic E-state index is 13.5. The summed E-state index contributed by atoms with van der Waals surface area (Å²) in [4.78, 5) is 23.7. The van der Waals surface area contributed by atoms with Crippen molar-refractivity contribution in [3.8, 4) is 5.75 Å². The minimum absolute atomic E-state index is 0.0374. The molecule has 28 heavy (non-hydrogen) atoms. The van der Waals surface area contributed by atoms with Crippen molar-refractivity contribution in [1.29, 1.82) is 0 Å². The molecule has 1 amide bonds. The number of esters is 1. The van der Waals surface area contributed by atoms with E-state index in [0.29, 0.717) is 5.56 Å². The predicted octanol–water partition coefficient (Wildman–Crippen LogP) is 4.15. The van der Waals surface area contributed by atoms with Crippen LogP contribution in [0.4, 0.5) is 23.2 Å². The lowest BCUT2D eigenvalue weighted by Gasteiger charge is -2.12. The van der Waals surface area contributed by atoms with Gasteiger partial charge in [-0.1, -0.05) is 12.1 Å². The lowest BCUT2D eigenvalue weighted by molar-refractivity contribution is -0.148. The highest BCUT2D eigenvalue weighted by molar-refractivity contribution is 5.96. The minimum Gasteiger partial charge on any atom is -0.449 e. The van der Waals surface area contributed by atoms with Crippen LogP contribution in [0, 0.1) is 11.6 Å². The lowest BCUT2D eigenvalue weighted by Crippen LogP contribution is -2.29. The number of hydrogen-bond donors (Lipinski definition) is 1. The van der Waals surface area contributed by atoms with Crippen LogP contribution in [-0.4, -0.2) is 24.6 Å². The van der Waals surface area contributed by atoms with Gasteiger partial charge in [-0.2, -0.15) is 8.78 Å². The summed E-state index contributed by atoms with van der Waals surface area (Å²) in [6.45, 7) is -1.68. The van der Waals surface area contributed by atoms with Crippen LogP contribution in [0.15, 0.2) is 48.5 Å². The standard InChI is InChI=1S/C19H15F4NO4/c1-11(18(26)24-16-10-13(20)5-8-15(16)21)27-17(25)9-4-12-2-6-14(7-3-12)28-19(22)23/h2-11,19H,1H3,(H,24,26)/b9-4+. The second kappa shape index (κ2) is 9.54. The molecule has 148 valence electrons. The Hall–Kier alpha value is -3.36. The van der Waals surface area contributed by atoms with Crippen molar-refractivity contribution in [2.24, 2.45) is 0 Å². The highest BCUT2D eigenvalue weighted by atomic mass is 19.3. The molecule has 2 aromatic rings. The van der Waals surface area contributed by atoms with Gasteiger partial charge in [0.25, 0.3) is 5.91 Å². The molecule has 0 aliphatic heterocycles. The predicted molar refractivity (Wildman–Crippen MR) is 92.6 cm³/mol. The van der Waals surface area contributed by atoms with Crippen molar-refractivity contribution in [2.45, 2.75) is 19.6 Å². The van der Waals surface area contributed by atoms with E-state index < -0.39 is 36.2 Å². The summed E-state index contributed by atoms with van der Waals surface area (Å²) in [5, 5.41) is 2.12. The van der Waals surface area contributed by atoms with E-state index in [1.54, 1.807) is 0 Å². The van der Waals surface area contributed by atoms with Gasteiger partial charge < -0.3 is 14.8 Å². The average Bonchev–Trinajstić information content (AvgIpc) is 2.63. The third kappa shape index (κ3) is 6.42. The molecule has 0 aliphatic rings. The zero-order valence-electron chi connectivity index (χ0n) is 14.5. The molecule has 0 saturated heterocycles. The third-order valence-electron chi connectivity index (χ3n) is 3.37. The quantitative estimate of drug-likeness (QED) is 0.433. The Kier molecular flexibility index (Phi) is 7.14. The molecule has 1 N–H and O–H groups in total. The van der Waals surface area contributed by atoms with E-state index in [1.165, 1.54) is 37.3 Å². The molecule has 1 unspecified atom stereocenters. The van der Waals surface area contributed by atoms with Crippen molar-refractivity contribution in [3.63, 3.8) is 0 Å². The van der Waals surface area contributed by atoms with Crippen LogP contribution in [0.2, 0.25) is 0 Å². The van der Waals surface area contributed by atoms with Gasteiger partial charge in [0.05, 0.1) is 5.69 Å². The number of rotatable bonds is 7. The fraction of sp³-hybridized carbons (Fsp3) is 0.158. The van der Waals surface area contributed by atoms with E-state index >= 15 is 0 Å². The molecule has 0 heterocycles. The molecule has 2 aromatic carbocycles. The molecular formula is C19H15F4NO4. The lowest BCUT2D eigenvalue weighted by atomic mass is 10.2. The Balaban J connectivity index is 1.89. The summed E-state index contributed by atoms with van der Waals surface area (Å²) in [6, 6.07) is 7.99. The summed E-state index contributed by atoms with van der Waals surface area (Å²) in [5.74, 6) is -3.33. The first kappa shape index (κ1) is 20.9. The normalized spacial score (nSPS) is 12.1. The van der Waals surface area contributed by atoms with Gasteiger partial charge in [-0.05, 0) is 42.8 Å². The molecule has 2 rings (SSSR count). The molecule has 0 fully saturated rings. The van der Waals surface area contributed by atoms with Gasteiger partial charge in [0.1, 0.15) is 17.4 Å². The zero-order chi connectivity index (χ0) is 20.7. The summed E-state index contributed by atoms with van der Waals surface area (Å²) in [6.07, 6.45) is 1.09. The van der Waals surface area contributed by atoms with Gasteiger partial charge in [0.15, 0.2) is 6.10 Å². The Labute approximate surface area is 157 Å². The maximum absolute atomic E-state index is 13.5. The van der Waals surface area contributed by atoms with Crippen molar-refractivity contribution < 1.29 is 36.6 Å². The van der Waals surface area contributed by atoms with E-state index in [2.05, 4.69) is 10.1 Å². The Morgan fingerprint density at radius 1 is 1.07 bits per heavy atom. The fourth-order valence-corrected chi connectivity index (χ4v) is 2.02. The highest BCUT2D eigenvalue weighted by Crippen LogP contribution is 2.17. The number of halogens is 4. The van der Waals surface area contributed by atoms with Crippen molar-refractivity contribution in [3.05, 3.63) is 65.7 Å². The monoisotopic (exact) mass is 397 g/mol. The zero-order valence-corrected chi connectivity index (χ0v) is 14.5. The number of carbonyl (C=O) groups excluding carboxylic acids is 2. The van der Waals surface area contributed by atoms with Crippen LogP contribution in [0.5, 0.6) is 5.75 Å². The summed E-state index contributed by atoms with van der Waals surface area (Å²) < 4.78 is 59.8. The second-order valence-corrected chi connectivity index (χ2v) is 5.47. The van der Waals surface area contributed by atoms with E-state index in [0.717, 1.165) is 24.3 Å². The van der Waals surface area contributed by atoms with Crippen LogP contribution in [-0.2, 0) is 14.3 Å². The van der Waals surface area contributed by atoms with E-state index in [4.69, 9.17) is 4.74 Å². The third-order valence-corrected chi connectivity index (χ3v) is 3.37. The number of hydrogen-bond acceptors (Lipinski definition) is 4. The topological polar surface area (TPSA) is 64.6 Å². The van der Waals surface area contributed by atoms with Gasteiger partial charge >= 0.3 is 12.6 Å². The number of amides is 1. The fourth-order valence-electron chi connectivity index (χ4n) is 2.02. The van der Waals surface area contributed by atoms with Crippen LogP contribution < -0.4 is 10.1 Å². The molecule has 9 heteroatoms. The van der Waals surface area contributed by atoms with Crippen LogP contribution in [0.25, 0.3) is 6.08 Å². The average molecular weight is 397 g/mol. The minimum atomic E-state index is -2.94. The number of nitrogens with one attached hydrogen (secondary N) is 1. The molecule has 0 radical (unpaired) electrons. The number of ether oxygens (including phenoxy) is 2. The van der Waals surface area contributed by atoms with Gasteiger partial charge in [-0.25, -0.2) is 13.6 Å². The smallest absolute Gasteiger partial charge is 0.387 e. The SMILES string of the molecule is CC(OC(=O)/C=C/c1ccc(OC(F)F)cc1)C(=O)Nc1cc(F)ccc1F. The Morgan fingerprint density at radius 3 is 2.39 bits per heavy atom. The van der Waals surface area contributed by atoms with Crippen LogP contribution >= 0.6 is 0 Å². The van der Waals surface area contributed by atoms with E-state index in [1.807, 2.05) is 0 Å². The van der Waals surface area contributed by atoms with Gasteiger partial charge in [0.2, 0.25) is 0 Å². The maximum Gasteiger partial charge on any atom is 0.387 e. The second-order valence-electron chi connectivity index (χ2n) is 5.47. The van der Waals surface area contributed by atoms with E-state index in [-0.39, 0.29) is 11.4 Å².